The first-order valence-electron chi connectivity index (χ1n) is 7.54. The van der Waals surface area contributed by atoms with Crippen LogP contribution in [0.5, 0.6) is 0 Å². The zero-order valence-electron chi connectivity index (χ0n) is 15.5. The minimum atomic E-state index is -8.60. The molecule has 0 bridgehead atoms. The summed E-state index contributed by atoms with van der Waals surface area (Å²) in [6, 6.07) is 0. The lowest BCUT2D eigenvalue weighted by molar-refractivity contribution is -0.449. The Bertz CT molecular complexity index is 764. The van der Waals surface area contributed by atoms with Gasteiger partial charge in [0.05, 0.1) is 0 Å². The standard InChI is InChI=1S/C14H9F17O2/c1-4(2)5(32)33-9(20,21)6(15)8(18,19)11(24,25)13(28,29)14(30,31)12(26,27)10(22,23)7(3,16)17/h6H,1H2,2-3H3. The summed E-state index contributed by atoms with van der Waals surface area (Å²) in [6.07, 6.45) is -12.7. The Morgan fingerprint density at radius 1 is 0.667 bits per heavy atom. The third kappa shape index (κ3) is 4.42. The quantitative estimate of drug-likeness (QED) is 0.183. The van der Waals surface area contributed by atoms with Gasteiger partial charge in [0.15, 0.2) is 0 Å². The molecule has 0 amide bonds. The van der Waals surface area contributed by atoms with Crippen LogP contribution < -0.4 is 0 Å². The molecule has 196 valence electrons. The van der Waals surface area contributed by atoms with E-state index >= 15 is 0 Å². The molecule has 1 unspecified atom stereocenters. The number of rotatable bonds is 10. The fourth-order valence-electron chi connectivity index (χ4n) is 1.71. The van der Waals surface area contributed by atoms with E-state index in [-0.39, 0.29) is 0 Å². The van der Waals surface area contributed by atoms with Crippen molar-refractivity contribution < 1.29 is 84.2 Å². The zero-order chi connectivity index (χ0) is 27.4. The summed E-state index contributed by atoms with van der Waals surface area (Å²) < 4.78 is 228. The molecule has 2 nitrogen and oxygen atoms in total. The van der Waals surface area contributed by atoms with Gasteiger partial charge in [0.25, 0.3) is 6.17 Å². The van der Waals surface area contributed by atoms with Crippen molar-refractivity contribution in [2.75, 3.05) is 0 Å². The average molecular weight is 532 g/mol. The summed E-state index contributed by atoms with van der Waals surface area (Å²) in [5.41, 5.74) is -1.16. The van der Waals surface area contributed by atoms with Gasteiger partial charge in [0, 0.05) is 12.5 Å². The van der Waals surface area contributed by atoms with Crippen molar-refractivity contribution in [3.05, 3.63) is 12.2 Å². The molecule has 0 aliphatic rings. The van der Waals surface area contributed by atoms with E-state index < -0.39 is 72.2 Å². The van der Waals surface area contributed by atoms with E-state index in [4.69, 9.17) is 0 Å². The van der Waals surface area contributed by atoms with Crippen molar-refractivity contribution in [2.24, 2.45) is 0 Å². The van der Waals surface area contributed by atoms with Gasteiger partial charge in [-0.1, -0.05) is 6.58 Å². The minimum absolute atomic E-state index is 0.485. The van der Waals surface area contributed by atoms with Crippen molar-refractivity contribution in [3.63, 3.8) is 0 Å². The summed E-state index contributed by atoms with van der Waals surface area (Å²) in [6.45, 7) is 1.77. The fourth-order valence-corrected chi connectivity index (χ4v) is 1.71. The van der Waals surface area contributed by atoms with Crippen LogP contribution in [0.4, 0.5) is 74.6 Å². The molecule has 19 heteroatoms. The van der Waals surface area contributed by atoms with Crippen molar-refractivity contribution in [3.8, 4) is 0 Å². The number of esters is 1. The summed E-state index contributed by atoms with van der Waals surface area (Å²) in [5, 5.41) is 0. The SMILES string of the molecule is C=C(C)C(=O)OC(F)(F)C(F)C(F)(F)C(F)(F)C(F)(F)C(F)(F)C(F)(F)C(F)(F)C(C)(F)F. The van der Waals surface area contributed by atoms with Crippen molar-refractivity contribution in [1.29, 1.82) is 0 Å². The highest BCUT2D eigenvalue weighted by Crippen LogP contribution is 2.63. The van der Waals surface area contributed by atoms with E-state index in [0.29, 0.717) is 6.92 Å². The van der Waals surface area contributed by atoms with E-state index in [1.165, 1.54) is 0 Å². The van der Waals surface area contributed by atoms with Crippen LogP contribution in [0.2, 0.25) is 0 Å². The third-order valence-electron chi connectivity index (χ3n) is 3.74. The molecule has 0 heterocycles. The van der Waals surface area contributed by atoms with Crippen LogP contribution >= 0.6 is 0 Å². The van der Waals surface area contributed by atoms with Crippen LogP contribution in [-0.4, -0.2) is 59.7 Å². The van der Waals surface area contributed by atoms with Crippen molar-refractivity contribution >= 4 is 5.97 Å². The molecule has 0 aromatic rings. The van der Waals surface area contributed by atoms with Crippen LogP contribution in [0, 0.1) is 0 Å². The van der Waals surface area contributed by atoms with Gasteiger partial charge in [-0.2, -0.15) is 70.2 Å². The first-order chi connectivity index (χ1) is 14.0. The summed E-state index contributed by atoms with van der Waals surface area (Å²) in [5.74, 6) is -58.2. The number of halogens is 17. The Balaban J connectivity index is 6.65. The Kier molecular flexibility index (Phi) is 7.57. The highest BCUT2D eigenvalue weighted by Gasteiger charge is 2.93. The largest absolute Gasteiger partial charge is 0.438 e. The van der Waals surface area contributed by atoms with Gasteiger partial charge in [-0.05, 0) is 6.92 Å². The monoisotopic (exact) mass is 532 g/mol. The number of hydrogen-bond acceptors (Lipinski definition) is 2. The Morgan fingerprint density at radius 3 is 1.27 bits per heavy atom. The van der Waals surface area contributed by atoms with E-state index in [1.54, 1.807) is 0 Å². The average Bonchev–Trinajstić information content (AvgIpc) is 2.58. The van der Waals surface area contributed by atoms with Crippen LogP contribution in [0.3, 0.4) is 0 Å². The first kappa shape index (κ1) is 31.0. The Labute approximate surface area is 171 Å². The highest BCUT2D eigenvalue weighted by molar-refractivity contribution is 5.87. The minimum Gasteiger partial charge on any atom is -0.395 e. The molecule has 0 fully saturated rings. The van der Waals surface area contributed by atoms with E-state index in [9.17, 15) is 79.4 Å². The van der Waals surface area contributed by atoms with Gasteiger partial charge in [-0.3, -0.25) is 0 Å². The predicted octanol–water partition coefficient (Wildman–Crippen LogP) is 6.50. The lowest BCUT2D eigenvalue weighted by Gasteiger charge is -2.43. The highest BCUT2D eigenvalue weighted by atomic mass is 19.4. The molecule has 0 aromatic carbocycles. The molecule has 0 aromatic heterocycles. The molecule has 0 radical (unpaired) electrons. The zero-order valence-corrected chi connectivity index (χ0v) is 15.5. The van der Waals surface area contributed by atoms with Crippen LogP contribution in [0.25, 0.3) is 0 Å². The number of alkyl halides is 17. The lowest BCUT2D eigenvalue weighted by Crippen LogP contribution is -2.74. The molecule has 33 heavy (non-hydrogen) atoms. The molecule has 0 saturated carbocycles. The molecule has 0 N–H and O–H groups in total. The molecule has 0 aliphatic heterocycles. The summed E-state index contributed by atoms with van der Waals surface area (Å²) >= 11 is 0. The number of ether oxygens (including phenoxy) is 1. The molecule has 0 spiro atoms. The van der Waals surface area contributed by atoms with E-state index in [2.05, 4.69) is 11.3 Å². The fraction of sp³-hybridized carbons (Fsp3) is 0.786. The van der Waals surface area contributed by atoms with Crippen LogP contribution in [0.15, 0.2) is 12.2 Å². The van der Waals surface area contributed by atoms with E-state index in [1.807, 2.05) is 0 Å². The van der Waals surface area contributed by atoms with Gasteiger partial charge in [-0.15, -0.1) is 0 Å². The third-order valence-corrected chi connectivity index (χ3v) is 3.74. The maximum absolute atomic E-state index is 13.5. The van der Waals surface area contributed by atoms with Crippen molar-refractivity contribution in [1.82, 2.24) is 0 Å². The first-order valence-corrected chi connectivity index (χ1v) is 7.54. The van der Waals surface area contributed by atoms with Gasteiger partial charge in [0.1, 0.15) is 0 Å². The van der Waals surface area contributed by atoms with Gasteiger partial charge < -0.3 is 4.74 Å². The number of carbonyl (C=O) groups excluding carboxylic acids is 1. The van der Waals surface area contributed by atoms with Crippen LogP contribution in [-0.2, 0) is 9.53 Å². The van der Waals surface area contributed by atoms with E-state index in [0.717, 1.165) is 0 Å². The summed E-state index contributed by atoms with van der Waals surface area (Å²) in [7, 11) is 0. The molecule has 0 aliphatic carbocycles. The summed E-state index contributed by atoms with van der Waals surface area (Å²) in [4.78, 5) is 10.8. The second-order valence-corrected chi connectivity index (χ2v) is 6.48. The lowest BCUT2D eigenvalue weighted by atomic mass is 9.88. The topological polar surface area (TPSA) is 26.3 Å². The second-order valence-electron chi connectivity index (χ2n) is 6.48. The molecule has 1 atom stereocenters. The molecule has 0 saturated heterocycles. The second kappa shape index (κ2) is 8.06. The number of carbonyl (C=O) groups is 1. The van der Waals surface area contributed by atoms with Gasteiger partial charge >= 0.3 is 53.5 Å². The number of hydrogen-bond donors (Lipinski definition) is 0. The molecular formula is C14H9F17O2. The van der Waals surface area contributed by atoms with Crippen molar-refractivity contribution in [2.45, 2.75) is 67.6 Å². The molecule has 0 rings (SSSR count). The van der Waals surface area contributed by atoms with Crippen LogP contribution in [0.1, 0.15) is 13.8 Å². The Morgan fingerprint density at radius 2 is 0.970 bits per heavy atom. The molecular weight excluding hydrogens is 523 g/mol. The maximum atomic E-state index is 13.5. The smallest absolute Gasteiger partial charge is 0.395 e. The van der Waals surface area contributed by atoms with Gasteiger partial charge in [0.2, 0.25) is 0 Å². The maximum Gasteiger partial charge on any atom is 0.438 e. The normalized spacial score (nSPS) is 16.5. The predicted molar refractivity (Wildman–Crippen MR) is 71.1 cm³/mol. The van der Waals surface area contributed by atoms with Gasteiger partial charge in [-0.25, -0.2) is 9.18 Å². The Hall–Kier alpha value is -1.98.